The first kappa shape index (κ1) is 15.1. The van der Waals surface area contributed by atoms with Crippen LogP contribution in [0.4, 0.5) is 22.0 Å². The molecule has 6 heteroatoms. The van der Waals surface area contributed by atoms with E-state index in [9.17, 15) is 22.0 Å². The maximum Gasteiger partial charge on any atom is 0.200 e. The predicted molar refractivity (Wildman–Crippen MR) is 73.7 cm³/mol. The van der Waals surface area contributed by atoms with Crippen molar-refractivity contribution in [1.82, 2.24) is 4.98 Å². The van der Waals surface area contributed by atoms with Gasteiger partial charge in [-0.15, -0.1) is 35.9 Å². The first-order chi connectivity index (χ1) is 11.0. The lowest BCUT2D eigenvalue weighted by atomic mass is 10.0. The first-order valence-electron chi connectivity index (χ1n) is 6.45. The van der Waals surface area contributed by atoms with Gasteiger partial charge in [-0.2, -0.15) is 0 Å². The number of nitrogens with zero attached hydrogens (tertiary/aromatic N) is 1. The molecule has 2 aromatic carbocycles. The molecule has 0 fully saturated rings. The zero-order valence-electron chi connectivity index (χ0n) is 11.4. The van der Waals surface area contributed by atoms with Gasteiger partial charge in [0.1, 0.15) is 0 Å². The van der Waals surface area contributed by atoms with Crippen LogP contribution in [0.3, 0.4) is 0 Å². The summed E-state index contributed by atoms with van der Waals surface area (Å²) in [5.74, 6) is -9.91. The molecule has 0 amide bonds. The van der Waals surface area contributed by atoms with Gasteiger partial charge in [-0.1, -0.05) is 6.07 Å². The Morgan fingerprint density at radius 2 is 1.43 bits per heavy atom. The van der Waals surface area contributed by atoms with Crippen LogP contribution in [0.2, 0.25) is 0 Å². The van der Waals surface area contributed by atoms with Crippen molar-refractivity contribution < 1.29 is 22.0 Å². The largest absolute Gasteiger partial charge is 0.305 e. The van der Waals surface area contributed by atoms with Crippen molar-refractivity contribution in [1.29, 1.82) is 0 Å². The quantitative estimate of drug-likeness (QED) is 0.283. The third-order valence-electron chi connectivity index (χ3n) is 3.24. The van der Waals surface area contributed by atoms with Gasteiger partial charge in [-0.25, -0.2) is 22.0 Å². The zero-order valence-corrected chi connectivity index (χ0v) is 11.4. The molecule has 0 atom stereocenters. The summed E-state index contributed by atoms with van der Waals surface area (Å²) in [6, 6.07) is 12.0. The Morgan fingerprint density at radius 3 is 2.04 bits per heavy atom. The highest BCUT2D eigenvalue weighted by molar-refractivity contribution is 5.71. The van der Waals surface area contributed by atoms with Crippen LogP contribution in [0.15, 0.2) is 42.6 Å². The molecule has 3 rings (SSSR count). The SMILES string of the molecule is Fc1c(F)c(F)c(-c2ccnc(-c3[c-]cccc3)c2)c(F)c1F. The van der Waals surface area contributed by atoms with Gasteiger partial charge >= 0.3 is 0 Å². The van der Waals surface area contributed by atoms with Gasteiger partial charge in [-0.05, 0) is 17.3 Å². The van der Waals surface area contributed by atoms with E-state index in [1.165, 1.54) is 18.3 Å². The minimum atomic E-state index is -2.19. The number of hydrogen-bond donors (Lipinski definition) is 0. The van der Waals surface area contributed by atoms with Gasteiger partial charge in [0.25, 0.3) is 0 Å². The average Bonchev–Trinajstić information content (AvgIpc) is 2.59. The van der Waals surface area contributed by atoms with E-state index >= 15 is 0 Å². The van der Waals surface area contributed by atoms with Crippen LogP contribution in [0.1, 0.15) is 0 Å². The number of aromatic nitrogens is 1. The summed E-state index contributed by atoms with van der Waals surface area (Å²) in [5, 5.41) is 0. The zero-order chi connectivity index (χ0) is 16.6. The van der Waals surface area contributed by atoms with E-state index in [1.807, 2.05) is 0 Å². The molecule has 1 aromatic heterocycles. The van der Waals surface area contributed by atoms with Crippen molar-refractivity contribution in [3.63, 3.8) is 0 Å². The van der Waals surface area contributed by atoms with Gasteiger partial charge in [0.2, 0.25) is 5.82 Å². The van der Waals surface area contributed by atoms with Crippen LogP contribution >= 0.6 is 0 Å². The number of rotatable bonds is 2. The molecule has 1 nitrogen and oxygen atoms in total. The first-order valence-corrected chi connectivity index (χ1v) is 6.45. The Morgan fingerprint density at radius 1 is 0.783 bits per heavy atom. The summed E-state index contributed by atoms with van der Waals surface area (Å²) in [7, 11) is 0. The molecule has 0 aliphatic carbocycles. The van der Waals surface area contributed by atoms with Crippen molar-refractivity contribution in [2.75, 3.05) is 0 Å². The predicted octanol–water partition coefficient (Wildman–Crippen LogP) is 4.91. The molecule has 0 bridgehead atoms. The Labute approximate surface area is 128 Å². The van der Waals surface area contributed by atoms with Crippen molar-refractivity contribution in [3.05, 3.63) is 77.7 Å². The molecular weight excluding hydrogens is 313 g/mol. The Hall–Kier alpha value is -2.76. The van der Waals surface area contributed by atoms with Crippen molar-refractivity contribution >= 4 is 0 Å². The van der Waals surface area contributed by atoms with Crippen LogP contribution in [0.5, 0.6) is 0 Å². The third-order valence-corrected chi connectivity index (χ3v) is 3.24. The lowest BCUT2D eigenvalue weighted by molar-refractivity contribution is 0.381. The van der Waals surface area contributed by atoms with Crippen LogP contribution in [0.25, 0.3) is 22.4 Å². The summed E-state index contributed by atoms with van der Waals surface area (Å²) < 4.78 is 67.5. The van der Waals surface area contributed by atoms with Crippen LogP contribution in [0, 0.1) is 35.2 Å². The molecule has 0 unspecified atom stereocenters. The maximum atomic E-state index is 13.9. The van der Waals surface area contributed by atoms with Crippen molar-refractivity contribution in [2.24, 2.45) is 0 Å². The minimum Gasteiger partial charge on any atom is -0.305 e. The van der Waals surface area contributed by atoms with Crippen molar-refractivity contribution in [3.8, 4) is 22.4 Å². The van der Waals surface area contributed by atoms with E-state index in [2.05, 4.69) is 11.1 Å². The van der Waals surface area contributed by atoms with Crippen molar-refractivity contribution in [2.45, 2.75) is 0 Å². The number of benzene rings is 2. The van der Waals surface area contributed by atoms with Crippen LogP contribution in [-0.4, -0.2) is 4.98 Å². The molecule has 0 saturated carbocycles. The molecule has 0 spiro atoms. The minimum absolute atomic E-state index is 0.167. The molecule has 1 heterocycles. The summed E-state index contributed by atoms with van der Waals surface area (Å²) >= 11 is 0. The number of pyridine rings is 1. The lowest BCUT2D eigenvalue weighted by Gasteiger charge is -2.12. The fraction of sp³-hybridized carbons (Fsp3) is 0. The van der Waals surface area contributed by atoms with E-state index in [0.717, 1.165) is 0 Å². The third kappa shape index (κ3) is 2.56. The highest BCUT2D eigenvalue weighted by atomic mass is 19.2. The maximum absolute atomic E-state index is 13.9. The van der Waals surface area contributed by atoms with Crippen LogP contribution in [-0.2, 0) is 0 Å². The molecule has 23 heavy (non-hydrogen) atoms. The molecule has 0 aliphatic rings. The standard InChI is InChI=1S/C17H7F5N/c18-13-12(14(19)16(21)17(22)15(13)20)10-6-7-23-11(8-10)9-4-2-1-3-5-9/h1-4,6-8H/q-1. The van der Waals surface area contributed by atoms with Gasteiger partial charge < -0.3 is 4.98 Å². The second-order valence-corrected chi connectivity index (χ2v) is 4.65. The number of halogens is 5. The van der Waals surface area contributed by atoms with Gasteiger partial charge in [0, 0.05) is 6.20 Å². The smallest absolute Gasteiger partial charge is 0.200 e. The Bertz CT molecular complexity index is 849. The van der Waals surface area contributed by atoms with Crippen LogP contribution < -0.4 is 0 Å². The van der Waals surface area contributed by atoms with E-state index in [-0.39, 0.29) is 5.56 Å². The normalized spacial score (nSPS) is 10.8. The Kier molecular flexibility index (Phi) is 3.82. The van der Waals surface area contributed by atoms with Gasteiger partial charge in [0.15, 0.2) is 23.3 Å². The summed E-state index contributed by atoms with van der Waals surface area (Å²) in [6.07, 6.45) is 1.23. The fourth-order valence-electron chi connectivity index (χ4n) is 2.14. The number of hydrogen-bond acceptors (Lipinski definition) is 1. The topological polar surface area (TPSA) is 12.9 Å². The fourth-order valence-corrected chi connectivity index (χ4v) is 2.14. The second-order valence-electron chi connectivity index (χ2n) is 4.65. The van der Waals surface area contributed by atoms with Gasteiger partial charge in [0.05, 0.1) is 5.56 Å². The Balaban J connectivity index is 2.21. The highest BCUT2D eigenvalue weighted by Crippen LogP contribution is 2.32. The molecule has 116 valence electrons. The van der Waals surface area contributed by atoms with E-state index in [4.69, 9.17) is 0 Å². The average molecular weight is 320 g/mol. The molecule has 3 aromatic rings. The molecule has 0 aliphatic heterocycles. The van der Waals surface area contributed by atoms with E-state index < -0.39 is 34.6 Å². The highest BCUT2D eigenvalue weighted by Gasteiger charge is 2.26. The summed E-state index contributed by atoms with van der Waals surface area (Å²) in [6.45, 7) is 0. The second kappa shape index (κ2) is 5.79. The summed E-state index contributed by atoms with van der Waals surface area (Å²) in [4.78, 5) is 4.02. The molecule has 0 N–H and O–H groups in total. The summed E-state index contributed by atoms with van der Waals surface area (Å²) in [5.41, 5.74) is -0.328. The molecular formula is C17H7F5N-. The molecule has 0 saturated heterocycles. The monoisotopic (exact) mass is 320 g/mol. The lowest BCUT2D eigenvalue weighted by Crippen LogP contribution is -2.04. The molecule has 0 radical (unpaired) electrons. The van der Waals surface area contributed by atoms with Gasteiger partial charge in [-0.3, -0.25) is 0 Å². The van der Waals surface area contributed by atoms with E-state index in [0.29, 0.717) is 11.3 Å². The van der Waals surface area contributed by atoms with E-state index in [1.54, 1.807) is 24.3 Å².